The molecule has 0 unspecified atom stereocenters. The molecule has 1 aliphatic rings. The number of Topliss-reactive ketones (excluding diaryl/α,β-unsaturated/α-hetero) is 1. The molecule has 0 saturated carbocycles. The Bertz CT molecular complexity index is 665. The van der Waals surface area contributed by atoms with E-state index in [2.05, 4.69) is 4.98 Å². The minimum Gasteiger partial charge on any atom is -0.489 e. The summed E-state index contributed by atoms with van der Waals surface area (Å²) in [7, 11) is 0. The number of ketones is 1. The second kappa shape index (κ2) is 5.20. The molecule has 0 N–H and O–H groups in total. The molecule has 2 aromatic rings. The van der Waals surface area contributed by atoms with Crippen molar-refractivity contribution in [3.63, 3.8) is 0 Å². The van der Waals surface area contributed by atoms with Crippen LogP contribution in [0.5, 0.6) is 11.5 Å². The van der Waals surface area contributed by atoms with Crippen molar-refractivity contribution in [1.82, 2.24) is 4.98 Å². The van der Waals surface area contributed by atoms with Gasteiger partial charge in [0.15, 0.2) is 5.78 Å². The van der Waals surface area contributed by atoms with E-state index in [0.29, 0.717) is 30.1 Å². The van der Waals surface area contributed by atoms with E-state index in [1.54, 1.807) is 30.6 Å². The maximum Gasteiger partial charge on any atom is 0.170 e. The number of nitrogens with zero attached hydrogens (tertiary/aromatic N) is 1. The van der Waals surface area contributed by atoms with Gasteiger partial charge < -0.3 is 9.47 Å². The second-order valence-electron chi connectivity index (χ2n) is 5.77. The zero-order valence-corrected chi connectivity index (χ0v) is 12.1. The Balaban J connectivity index is 1.78. The second-order valence-corrected chi connectivity index (χ2v) is 5.77. The molecule has 0 spiro atoms. The number of aromatic nitrogens is 1. The fraction of sp³-hybridized carbons (Fsp3) is 0.294. The highest BCUT2D eigenvalue weighted by molar-refractivity contribution is 6.00. The summed E-state index contributed by atoms with van der Waals surface area (Å²) < 4.78 is 11.6. The molecule has 0 saturated heterocycles. The number of hydrogen-bond acceptors (Lipinski definition) is 4. The van der Waals surface area contributed by atoms with Gasteiger partial charge in [-0.15, -0.1) is 0 Å². The van der Waals surface area contributed by atoms with Crippen LogP contribution in [0.1, 0.15) is 36.2 Å². The van der Waals surface area contributed by atoms with Crippen LogP contribution < -0.4 is 9.47 Å². The van der Waals surface area contributed by atoms with Crippen molar-refractivity contribution in [3.05, 3.63) is 53.9 Å². The maximum atomic E-state index is 12.1. The first-order valence-corrected chi connectivity index (χ1v) is 6.91. The minimum absolute atomic E-state index is 0.111. The van der Waals surface area contributed by atoms with E-state index in [0.717, 1.165) is 5.56 Å². The first kappa shape index (κ1) is 13.6. The number of fused-ring (bicyclic) bond motifs is 1. The van der Waals surface area contributed by atoms with Gasteiger partial charge in [0.05, 0.1) is 12.0 Å². The topological polar surface area (TPSA) is 48.4 Å². The normalized spacial score (nSPS) is 16.0. The van der Waals surface area contributed by atoms with Gasteiger partial charge in [-0.25, -0.2) is 0 Å². The number of rotatable bonds is 3. The molecular formula is C17H17NO3. The number of benzene rings is 1. The summed E-state index contributed by atoms with van der Waals surface area (Å²) in [6, 6.07) is 9.18. The number of carbonyl (C=O) groups is 1. The SMILES string of the molecule is CC1(C)CC(=O)c2ccc(OCc3cccnc3)cc2O1. The van der Waals surface area contributed by atoms with Crippen molar-refractivity contribution < 1.29 is 14.3 Å². The molecule has 108 valence electrons. The van der Waals surface area contributed by atoms with Crippen molar-refractivity contribution in [2.75, 3.05) is 0 Å². The predicted molar refractivity (Wildman–Crippen MR) is 78.7 cm³/mol. The summed E-state index contributed by atoms with van der Waals surface area (Å²) in [5.74, 6) is 1.39. The molecule has 3 rings (SSSR count). The lowest BCUT2D eigenvalue weighted by Gasteiger charge is -2.31. The zero-order valence-electron chi connectivity index (χ0n) is 12.1. The number of hydrogen-bond donors (Lipinski definition) is 0. The third-order valence-electron chi connectivity index (χ3n) is 3.35. The first-order chi connectivity index (χ1) is 10.0. The highest BCUT2D eigenvalue weighted by atomic mass is 16.5. The Hall–Kier alpha value is -2.36. The van der Waals surface area contributed by atoms with Crippen LogP contribution in [0.2, 0.25) is 0 Å². The lowest BCUT2D eigenvalue weighted by molar-refractivity contribution is 0.0618. The van der Waals surface area contributed by atoms with Gasteiger partial charge in [-0.1, -0.05) is 6.07 Å². The summed E-state index contributed by atoms with van der Waals surface area (Å²) in [5.41, 5.74) is 1.15. The molecule has 4 heteroatoms. The third kappa shape index (κ3) is 3.05. The summed E-state index contributed by atoms with van der Waals surface area (Å²) in [6.07, 6.45) is 3.89. The average Bonchev–Trinajstić information content (AvgIpc) is 2.44. The van der Waals surface area contributed by atoms with Crippen LogP contribution in [0.4, 0.5) is 0 Å². The quantitative estimate of drug-likeness (QED) is 0.866. The van der Waals surface area contributed by atoms with E-state index in [1.807, 2.05) is 26.0 Å². The fourth-order valence-electron chi connectivity index (χ4n) is 2.37. The van der Waals surface area contributed by atoms with Crippen LogP contribution in [-0.4, -0.2) is 16.4 Å². The van der Waals surface area contributed by atoms with Crippen molar-refractivity contribution in [1.29, 1.82) is 0 Å². The van der Waals surface area contributed by atoms with Crippen LogP contribution in [0, 0.1) is 0 Å². The van der Waals surface area contributed by atoms with E-state index in [-0.39, 0.29) is 5.78 Å². The Labute approximate surface area is 123 Å². The van der Waals surface area contributed by atoms with Gasteiger partial charge in [-0.2, -0.15) is 0 Å². The fourth-order valence-corrected chi connectivity index (χ4v) is 2.37. The Morgan fingerprint density at radius 1 is 1.33 bits per heavy atom. The van der Waals surface area contributed by atoms with E-state index in [9.17, 15) is 4.79 Å². The van der Waals surface area contributed by atoms with Gasteiger partial charge >= 0.3 is 0 Å². The molecule has 0 fully saturated rings. The number of pyridine rings is 1. The highest BCUT2D eigenvalue weighted by Gasteiger charge is 2.32. The molecule has 21 heavy (non-hydrogen) atoms. The maximum absolute atomic E-state index is 12.1. The van der Waals surface area contributed by atoms with Gasteiger partial charge in [-0.05, 0) is 32.0 Å². The molecule has 0 aliphatic carbocycles. The lowest BCUT2D eigenvalue weighted by Crippen LogP contribution is -2.35. The van der Waals surface area contributed by atoms with Crippen molar-refractivity contribution in [2.24, 2.45) is 0 Å². The van der Waals surface area contributed by atoms with E-state index in [1.165, 1.54) is 0 Å². The minimum atomic E-state index is -0.466. The Kier molecular flexibility index (Phi) is 3.37. The van der Waals surface area contributed by atoms with Crippen LogP contribution in [-0.2, 0) is 6.61 Å². The summed E-state index contributed by atoms with van der Waals surface area (Å²) in [4.78, 5) is 16.1. The monoisotopic (exact) mass is 283 g/mol. The smallest absolute Gasteiger partial charge is 0.170 e. The average molecular weight is 283 g/mol. The molecule has 1 aromatic carbocycles. The van der Waals surface area contributed by atoms with Crippen LogP contribution in [0.15, 0.2) is 42.7 Å². The van der Waals surface area contributed by atoms with E-state index < -0.39 is 5.60 Å². The van der Waals surface area contributed by atoms with Crippen LogP contribution in [0.25, 0.3) is 0 Å². The number of ether oxygens (including phenoxy) is 2. The zero-order chi connectivity index (χ0) is 14.9. The highest BCUT2D eigenvalue weighted by Crippen LogP contribution is 2.35. The number of carbonyl (C=O) groups excluding carboxylic acids is 1. The summed E-state index contributed by atoms with van der Waals surface area (Å²) in [5, 5.41) is 0. The largest absolute Gasteiger partial charge is 0.489 e. The molecule has 1 aliphatic heterocycles. The van der Waals surface area contributed by atoms with E-state index >= 15 is 0 Å². The van der Waals surface area contributed by atoms with Gasteiger partial charge in [0.1, 0.15) is 23.7 Å². The molecule has 0 bridgehead atoms. The van der Waals surface area contributed by atoms with Gasteiger partial charge in [0, 0.05) is 24.0 Å². The molecule has 0 atom stereocenters. The summed E-state index contributed by atoms with van der Waals surface area (Å²) >= 11 is 0. The van der Waals surface area contributed by atoms with Gasteiger partial charge in [-0.3, -0.25) is 9.78 Å². The van der Waals surface area contributed by atoms with Crippen molar-refractivity contribution >= 4 is 5.78 Å². The van der Waals surface area contributed by atoms with Crippen LogP contribution >= 0.6 is 0 Å². The van der Waals surface area contributed by atoms with Crippen molar-refractivity contribution in [2.45, 2.75) is 32.5 Å². The van der Waals surface area contributed by atoms with E-state index in [4.69, 9.17) is 9.47 Å². The molecular weight excluding hydrogens is 266 g/mol. The standard InChI is InChI=1S/C17H17NO3/c1-17(2)9-15(19)14-6-5-13(8-16(14)21-17)20-11-12-4-3-7-18-10-12/h3-8,10H,9,11H2,1-2H3. The summed E-state index contributed by atoms with van der Waals surface area (Å²) in [6.45, 7) is 4.26. The van der Waals surface area contributed by atoms with Gasteiger partial charge in [0.2, 0.25) is 0 Å². The Morgan fingerprint density at radius 2 is 2.19 bits per heavy atom. The first-order valence-electron chi connectivity index (χ1n) is 6.91. The van der Waals surface area contributed by atoms with Crippen molar-refractivity contribution in [3.8, 4) is 11.5 Å². The molecule has 4 nitrogen and oxygen atoms in total. The Morgan fingerprint density at radius 3 is 2.95 bits per heavy atom. The third-order valence-corrected chi connectivity index (χ3v) is 3.35. The van der Waals surface area contributed by atoms with Crippen LogP contribution in [0.3, 0.4) is 0 Å². The molecule has 2 heterocycles. The predicted octanol–water partition coefficient (Wildman–Crippen LogP) is 3.40. The molecule has 0 radical (unpaired) electrons. The van der Waals surface area contributed by atoms with Gasteiger partial charge in [0.25, 0.3) is 0 Å². The molecule has 0 amide bonds. The molecule has 1 aromatic heterocycles. The lowest BCUT2D eigenvalue weighted by atomic mass is 9.93.